The Labute approximate surface area is 153 Å². The highest BCUT2D eigenvalue weighted by atomic mass is 32.2. The second kappa shape index (κ2) is 7.17. The third-order valence-electron chi connectivity index (χ3n) is 4.49. The van der Waals surface area contributed by atoms with Gasteiger partial charge in [-0.1, -0.05) is 23.8 Å². The first-order chi connectivity index (χ1) is 12.5. The molecule has 7 heteroatoms. The van der Waals surface area contributed by atoms with Crippen LogP contribution in [0.15, 0.2) is 47.4 Å². The number of hydrogen-bond donors (Lipinski definition) is 0. The van der Waals surface area contributed by atoms with Crippen molar-refractivity contribution >= 4 is 15.7 Å². The molecule has 1 saturated heterocycles. The highest BCUT2D eigenvalue weighted by Crippen LogP contribution is 2.27. The molecular formula is C19H18N4O2S. The van der Waals surface area contributed by atoms with Crippen LogP contribution in [0, 0.1) is 29.6 Å². The van der Waals surface area contributed by atoms with E-state index in [1.165, 1.54) is 4.31 Å². The summed E-state index contributed by atoms with van der Waals surface area (Å²) < 4.78 is 27.0. The van der Waals surface area contributed by atoms with Gasteiger partial charge in [0.15, 0.2) is 0 Å². The van der Waals surface area contributed by atoms with Gasteiger partial charge < -0.3 is 4.90 Å². The Balaban J connectivity index is 1.81. The van der Waals surface area contributed by atoms with Crippen LogP contribution in [-0.4, -0.2) is 38.9 Å². The molecule has 0 bridgehead atoms. The van der Waals surface area contributed by atoms with E-state index >= 15 is 0 Å². The zero-order valence-electron chi connectivity index (χ0n) is 14.4. The maximum atomic E-state index is 12.8. The van der Waals surface area contributed by atoms with Gasteiger partial charge in [-0.05, 0) is 31.2 Å². The van der Waals surface area contributed by atoms with E-state index in [1.54, 1.807) is 42.5 Å². The quantitative estimate of drug-likeness (QED) is 0.831. The fourth-order valence-electron chi connectivity index (χ4n) is 3.08. The molecule has 0 amide bonds. The average Bonchev–Trinajstić information content (AvgIpc) is 2.67. The zero-order chi connectivity index (χ0) is 18.7. The van der Waals surface area contributed by atoms with E-state index in [-0.39, 0.29) is 4.90 Å². The lowest BCUT2D eigenvalue weighted by atomic mass is 10.1. The summed E-state index contributed by atoms with van der Waals surface area (Å²) in [5.74, 6) is 0. The van der Waals surface area contributed by atoms with Crippen molar-refractivity contribution in [2.45, 2.75) is 11.8 Å². The number of sulfonamides is 1. The molecule has 1 heterocycles. The van der Waals surface area contributed by atoms with Crippen molar-refractivity contribution < 1.29 is 8.42 Å². The van der Waals surface area contributed by atoms with Crippen LogP contribution in [-0.2, 0) is 10.0 Å². The Kier molecular flexibility index (Phi) is 4.94. The van der Waals surface area contributed by atoms with Gasteiger partial charge in [-0.25, -0.2) is 8.42 Å². The number of hydrogen-bond acceptors (Lipinski definition) is 5. The fourth-order valence-corrected chi connectivity index (χ4v) is 4.50. The van der Waals surface area contributed by atoms with E-state index in [1.807, 2.05) is 11.8 Å². The Bertz CT molecular complexity index is 961. The largest absolute Gasteiger partial charge is 0.367 e. The minimum absolute atomic E-state index is 0.284. The highest BCUT2D eigenvalue weighted by molar-refractivity contribution is 7.89. The molecule has 0 radical (unpaired) electrons. The van der Waals surface area contributed by atoms with Gasteiger partial charge in [0.05, 0.1) is 21.7 Å². The van der Waals surface area contributed by atoms with E-state index in [4.69, 9.17) is 0 Å². The molecule has 26 heavy (non-hydrogen) atoms. The highest BCUT2D eigenvalue weighted by Gasteiger charge is 2.29. The van der Waals surface area contributed by atoms with E-state index in [0.717, 1.165) is 5.56 Å². The molecule has 1 fully saturated rings. The SMILES string of the molecule is Cc1ccc(S(=O)(=O)N2CCN(c3c(C#N)cccc3C#N)CC2)cc1. The smallest absolute Gasteiger partial charge is 0.243 e. The lowest BCUT2D eigenvalue weighted by molar-refractivity contribution is 0.385. The van der Waals surface area contributed by atoms with Crippen LogP contribution >= 0.6 is 0 Å². The summed E-state index contributed by atoms with van der Waals surface area (Å²) >= 11 is 0. The van der Waals surface area contributed by atoms with Gasteiger partial charge in [-0.15, -0.1) is 0 Å². The first kappa shape index (κ1) is 17.9. The first-order valence-electron chi connectivity index (χ1n) is 8.22. The van der Waals surface area contributed by atoms with Gasteiger partial charge in [0.25, 0.3) is 0 Å². The summed E-state index contributed by atoms with van der Waals surface area (Å²) in [5, 5.41) is 18.7. The molecule has 6 nitrogen and oxygen atoms in total. The first-order valence-corrected chi connectivity index (χ1v) is 9.66. The topological polar surface area (TPSA) is 88.2 Å². The summed E-state index contributed by atoms with van der Waals surface area (Å²) in [6.45, 7) is 3.38. The van der Waals surface area contributed by atoms with Gasteiger partial charge >= 0.3 is 0 Å². The second-order valence-electron chi connectivity index (χ2n) is 6.13. The minimum atomic E-state index is -3.54. The van der Waals surface area contributed by atoms with E-state index in [9.17, 15) is 18.9 Å². The van der Waals surface area contributed by atoms with Gasteiger partial charge in [-0.2, -0.15) is 14.8 Å². The Morgan fingerprint density at radius 1 is 0.885 bits per heavy atom. The maximum Gasteiger partial charge on any atom is 0.243 e. The Morgan fingerprint density at radius 2 is 1.42 bits per heavy atom. The molecule has 0 aromatic heterocycles. The number of nitriles is 2. The van der Waals surface area contributed by atoms with Crippen molar-refractivity contribution in [1.82, 2.24) is 4.31 Å². The minimum Gasteiger partial charge on any atom is -0.367 e. The van der Waals surface area contributed by atoms with Crippen LogP contribution in [0.3, 0.4) is 0 Å². The summed E-state index contributed by atoms with van der Waals surface area (Å²) in [7, 11) is -3.54. The summed E-state index contributed by atoms with van der Waals surface area (Å²) in [6.07, 6.45) is 0. The molecular weight excluding hydrogens is 348 g/mol. The number of aryl methyl sites for hydroxylation is 1. The summed E-state index contributed by atoms with van der Waals surface area (Å²) in [6, 6.07) is 16.1. The van der Waals surface area contributed by atoms with Crippen molar-refractivity contribution in [1.29, 1.82) is 10.5 Å². The molecule has 1 aliphatic rings. The van der Waals surface area contributed by atoms with Gasteiger partial charge in [-0.3, -0.25) is 0 Å². The maximum absolute atomic E-state index is 12.8. The Hall–Kier alpha value is -2.87. The molecule has 0 saturated carbocycles. The van der Waals surface area contributed by atoms with E-state index in [2.05, 4.69) is 12.1 Å². The van der Waals surface area contributed by atoms with Crippen LogP contribution in [0.1, 0.15) is 16.7 Å². The van der Waals surface area contributed by atoms with Crippen molar-refractivity contribution in [2.24, 2.45) is 0 Å². The van der Waals surface area contributed by atoms with E-state index < -0.39 is 10.0 Å². The lowest BCUT2D eigenvalue weighted by Crippen LogP contribution is -2.49. The number of para-hydroxylation sites is 1. The third-order valence-corrected chi connectivity index (χ3v) is 6.40. The van der Waals surface area contributed by atoms with Crippen LogP contribution in [0.4, 0.5) is 5.69 Å². The Morgan fingerprint density at radius 3 is 1.92 bits per heavy atom. The van der Waals surface area contributed by atoms with Crippen molar-refractivity contribution in [3.8, 4) is 12.1 Å². The number of anilines is 1. The average molecular weight is 366 g/mol. The van der Waals surface area contributed by atoms with Crippen LogP contribution in [0.5, 0.6) is 0 Å². The summed E-state index contributed by atoms with van der Waals surface area (Å²) in [4.78, 5) is 2.20. The second-order valence-corrected chi connectivity index (χ2v) is 8.07. The van der Waals surface area contributed by atoms with Crippen molar-refractivity contribution in [2.75, 3.05) is 31.1 Å². The number of benzene rings is 2. The molecule has 2 aromatic rings. The predicted octanol–water partition coefficient (Wildman–Crippen LogP) is 2.25. The molecule has 3 rings (SSSR count). The van der Waals surface area contributed by atoms with Crippen LogP contribution < -0.4 is 4.90 Å². The van der Waals surface area contributed by atoms with Crippen LogP contribution in [0.2, 0.25) is 0 Å². The van der Waals surface area contributed by atoms with Crippen LogP contribution in [0.25, 0.3) is 0 Å². The van der Waals surface area contributed by atoms with Gasteiger partial charge in [0, 0.05) is 26.2 Å². The number of nitrogens with zero attached hydrogens (tertiary/aromatic N) is 4. The van der Waals surface area contributed by atoms with E-state index in [0.29, 0.717) is 43.0 Å². The number of rotatable bonds is 3. The fraction of sp³-hybridized carbons (Fsp3) is 0.263. The molecule has 1 aliphatic heterocycles. The number of piperazine rings is 1. The lowest BCUT2D eigenvalue weighted by Gasteiger charge is -2.36. The third kappa shape index (κ3) is 3.28. The van der Waals surface area contributed by atoms with Crippen molar-refractivity contribution in [3.63, 3.8) is 0 Å². The van der Waals surface area contributed by atoms with Crippen molar-refractivity contribution in [3.05, 3.63) is 59.2 Å². The molecule has 0 N–H and O–H groups in total. The molecule has 132 valence electrons. The summed E-state index contributed by atoms with van der Waals surface area (Å²) in [5.41, 5.74) is 2.45. The van der Waals surface area contributed by atoms with Gasteiger partial charge in [0.1, 0.15) is 12.1 Å². The normalized spacial score (nSPS) is 15.3. The van der Waals surface area contributed by atoms with Gasteiger partial charge in [0.2, 0.25) is 10.0 Å². The molecule has 0 aliphatic carbocycles. The molecule has 0 unspecified atom stereocenters. The zero-order valence-corrected chi connectivity index (χ0v) is 15.2. The predicted molar refractivity (Wildman–Crippen MR) is 98.0 cm³/mol. The monoisotopic (exact) mass is 366 g/mol. The molecule has 0 spiro atoms. The molecule has 2 aromatic carbocycles. The standard InChI is InChI=1S/C19H18N4O2S/c1-15-5-7-18(8-6-15)26(24,25)23-11-9-22(10-12-23)19-16(13-20)3-2-4-17(19)14-21/h2-8H,9-12H2,1H3. The molecule has 0 atom stereocenters.